The Morgan fingerprint density at radius 1 is 1.17 bits per heavy atom. The molecule has 0 amide bonds. The molecule has 1 aromatic carbocycles. The quantitative estimate of drug-likeness (QED) is 0.791. The van der Waals surface area contributed by atoms with Crippen molar-refractivity contribution in [3.05, 3.63) is 35.5 Å². The van der Waals surface area contributed by atoms with E-state index in [1.165, 1.54) is 0 Å². The Hall–Kier alpha value is -1.89. The Bertz CT molecular complexity index is 545. The van der Waals surface area contributed by atoms with E-state index < -0.39 is 17.5 Å². The molecule has 96 valence electrons. The molecular weight excluding hydrogens is 247 g/mol. The van der Waals surface area contributed by atoms with Gasteiger partial charge in [0, 0.05) is 5.56 Å². The molecular formula is C11H10F3N3O. The maximum atomic E-state index is 13.0. The zero-order valence-electron chi connectivity index (χ0n) is 9.75. The van der Waals surface area contributed by atoms with Gasteiger partial charge in [-0.1, -0.05) is 5.16 Å². The molecule has 2 aromatic rings. The fourth-order valence-electron chi connectivity index (χ4n) is 1.39. The summed E-state index contributed by atoms with van der Waals surface area (Å²) < 4.78 is 43.7. The molecule has 0 aliphatic carbocycles. The van der Waals surface area contributed by atoms with Gasteiger partial charge in [-0.05, 0) is 26.2 Å². The largest absolute Gasteiger partial charge is 0.338 e. The smallest absolute Gasteiger partial charge is 0.241 e. The molecule has 0 fully saturated rings. The molecule has 1 aromatic heterocycles. The van der Waals surface area contributed by atoms with E-state index in [9.17, 15) is 13.2 Å². The van der Waals surface area contributed by atoms with Crippen molar-refractivity contribution in [2.75, 3.05) is 14.1 Å². The Morgan fingerprint density at radius 2 is 1.78 bits per heavy atom. The number of rotatable bonds is 3. The highest BCUT2D eigenvalue weighted by Gasteiger charge is 2.15. The molecule has 0 unspecified atom stereocenters. The van der Waals surface area contributed by atoms with Gasteiger partial charge in [-0.3, -0.25) is 0 Å². The lowest BCUT2D eigenvalue weighted by molar-refractivity contribution is 0.303. The first-order chi connectivity index (χ1) is 8.47. The highest BCUT2D eigenvalue weighted by Crippen LogP contribution is 2.21. The van der Waals surface area contributed by atoms with Crippen molar-refractivity contribution in [3.8, 4) is 11.4 Å². The first-order valence-electron chi connectivity index (χ1n) is 5.09. The molecule has 0 radical (unpaired) electrons. The lowest BCUT2D eigenvalue weighted by Gasteiger charge is -2.03. The summed E-state index contributed by atoms with van der Waals surface area (Å²) in [4.78, 5) is 5.75. The van der Waals surface area contributed by atoms with Gasteiger partial charge in [0.25, 0.3) is 0 Å². The van der Waals surface area contributed by atoms with Crippen LogP contribution in [0.1, 0.15) is 5.89 Å². The fourth-order valence-corrected chi connectivity index (χ4v) is 1.39. The predicted octanol–water partition coefficient (Wildman–Crippen LogP) is 2.22. The van der Waals surface area contributed by atoms with E-state index in [0.717, 1.165) is 12.1 Å². The monoisotopic (exact) mass is 257 g/mol. The number of aromatic nitrogens is 2. The van der Waals surface area contributed by atoms with Crippen molar-refractivity contribution in [2.45, 2.75) is 6.54 Å². The molecule has 0 atom stereocenters. The van der Waals surface area contributed by atoms with Crippen LogP contribution in [0, 0.1) is 17.5 Å². The highest BCUT2D eigenvalue weighted by atomic mass is 19.2. The number of hydrogen-bond acceptors (Lipinski definition) is 4. The van der Waals surface area contributed by atoms with E-state index in [0.29, 0.717) is 12.4 Å². The second-order valence-electron chi connectivity index (χ2n) is 4.00. The van der Waals surface area contributed by atoms with Gasteiger partial charge in [0.15, 0.2) is 17.5 Å². The minimum absolute atomic E-state index is 0.0182. The topological polar surface area (TPSA) is 42.2 Å². The first kappa shape index (κ1) is 12.6. The summed E-state index contributed by atoms with van der Waals surface area (Å²) in [7, 11) is 3.61. The van der Waals surface area contributed by atoms with Crippen molar-refractivity contribution in [3.63, 3.8) is 0 Å². The molecule has 1 heterocycles. The van der Waals surface area contributed by atoms with Crippen LogP contribution in [-0.2, 0) is 6.54 Å². The van der Waals surface area contributed by atoms with Crippen LogP contribution in [0.5, 0.6) is 0 Å². The third-order valence-corrected chi connectivity index (χ3v) is 2.16. The standard InChI is InChI=1S/C11H10F3N3O/c1-17(2)5-9-15-11(16-18-9)6-3-7(12)10(14)8(13)4-6/h3-4H,5H2,1-2H3. The van der Waals surface area contributed by atoms with E-state index in [2.05, 4.69) is 10.1 Å². The third-order valence-electron chi connectivity index (χ3n) is 2.16. The van der Waals surface area contributed by atoms with E-state index in [1.54, 1.807) is 19.0 Å². The van der Waals surface area contributed by atoms with Gasteiger partial charge >= 0.3 is 0 Å². The van der Waals surface area contributed by atoms with E-state index in [1.807, 2.05) is 0 Å². The van der Waals surface area contributed by atoms with Crippen molar-refractivity contribution >= 4 is 0 Å². The minimum Gasteiger partial charge on any atom is -0.338 e. The summed E-state index contributed by atoms with van der Waals surface area (Å²) in [5.74, 6) is -3.77. The van der Waals surface area contributed by atoms with Crippen LogP contribution < -0.4 is 0 Å². The maximum Gasteiger partial charge on any atom is 0.241 e. The Balaban J connectivity index is 2.34. The molecule has 7 heteroatoms. The van der Waals surface area contributed by atoms with Crippen LogP contribution in [0.4, 0.5) is 13.2 Å². The van der Waals surface area contributed by atoms with Gasteiger partial charge in [0.2, 0.25) is 11.7 Å². The van der Waals surface area contributed by atoms with Crippen LogP contribution in [0.2, 0.25) is 0 Å². The van der Waals surface area contributed by atoms with Crippen LogP contribution in [0.15, 0.2) is 16.7 Å². The molecule has 0 saturated heterocycles. The van der Waals surface area contributed by atoms with Gasteiger partial charge in [-0.25, -0.2) is 13.2 Å². The molecule has 0 N–H and O–H groups in total. The predicted molar refractivity (Wildman–Crippen MR) is 57.0 cm³/mol. The van der Waals surface area contributed by atoms with Crippen LogP contribution in [0.3, 0.4) is 0 Å². The molecule has 2 rings (SSSR count). The molecule has 0 spiro atoms. The van der Waals surface area contributed by atoms with Gasteiger partial charge < -0.3 is 9.42 Å². The van der Waals surface area contributed by atoms with Crippen molar-refractivity contribution < 1.29 is 17.7 Å². The summed E-state index contributed by atoms with van der Waals surface area (Å²) in [6.45, 7) is 0.402. The van der Waals surface area contributed by atoms with Gasteiger partial charge in [-0.2, -0.15) is 4.98 Å². The van der Waals surface area contributed by atoms with Gasteiger partial charge in [-0.15, -0.1) is 0 Å². The Labute approximate surface area is 101 Å². The SMILES string of the molecule is CN(C)Cc1nc(-c2cc(F)c(F)c(F)c2)no1. The molecule has 0 bridgehead atoms. The number of halogens is 3. The van der Waals surface area contributed by atoms with Crippen LogP contribution in [0.25, 0.3) is 11.4 Å². The molecule has 0 saturated carbocycles. The minimum atomic E-state index is -1.52. The molecule has 4 nitrogen and oxygen atoms in total. The van der Waals surface area contributed by atoms with Gasteiger partial charge in [0.05, 0.1) is 6.54 Å². The summed E-state index contributed by atoms with van der Waals surface area (Å²) >= 11 is 0. The maximum absolute atomic E-state index is 13.0. The fraction of sp³-hybridized carbons (Fsp3) is 0.273. The first-order valence-corrected chi connectivity index (χ1v) is 5.09. The van der Waals surface area contributed by atoms with E-state index >= 15 is 0 Å². The van der Waals surface area contributed by atoms with Gasteiger partial charge in [0.1, 0.15) is 0 Å². The van der Waals surface area contributed by atoms with E-state index in [4.69, 9.17) is 4.52 Å². The second-order valence-corrected chi connectivity index (χ2v) is 4.00. The average Bonchev–Trinajstić information content (AvgIpc) is 2.72. The lowest BCUT2D eigenvalue weighted by Crippen LogP contribution is -2.10. The van der Waals surface area contributed by atoms with Crippen molar-refractivity contribution in [2.24, 2.45) is 0 Å². The second kappa shape index (κ2) is 4.77. The lowest BCUT2D eigenvalue weighted by atomic mass is 10.2. The number of benzene rings is 1. The zero-order chi connectivity index (χ0) is 13.3. The summed E-state index contributed by atoms with van der Waals surface area (Å²) in [6.07, 6.45) is 0. The summed E-state index contributed by atoms with van der Waals surface area (Å²) in [5, 5.41) is 3.58. The van der Waals surface area contributed by atoms with E-state index in [-0.39, 0.29) is 11.4 Å². The third kappa shape index (κ3) is 2.51. The number of nitrogens with zero attached hydrogens (tertiary/aromatic N) is 3. The summed E-state index contributed by atoms with van der Waals surface area (Å²) in [5.41, 5.74) is 0.0279. The zero-order valence-corrected chi connectivity index (χ0v) is 9.75. The van der Waals surface area contributed by atoms with Crippen LogP contribution in [-0.4, -0.2) is 29.1 Å². The Morgan fingerprint density at radius 3 is 2.33 bits per heavy atom. The normalized spacial score (nSPS) is 11.2. The van der Waals surface area contributed by atoms with Crippen molar-refractivity contribution in [1.82, 2.24) is 15.0 Å². The molecule has 18 heavy (non-hydrogen) atoms. The summed E-state index contributed by atoms with van der Waals surface area (Å²) in [6, 6.07) is 1.64. The highest BCUT2D eigenvalue weighted by molar-refractivity contribution is 5.54. The Kier molecular flexibility index (Phi) is 3.33. The molecule has 0 aliphatic rings. The van der Waals surface area contributed by atoms with Crippen molar-refractivity contribution in [1.29, 1.82) is 0 Å². The van der Waals surface area contributed by atoms with Crippen LogP contribution >= 0.6 is 0 Å². The molecule has 0 aliphatic heterocycles. The number of hydrogen-bond donors (Lipinski definition) is 0. The average molecular weight is 257 g/mol.